The monoisotopic (exact) mass is 330 g/mol. The smallest absolute Gasteiger partial charge is 0.273 e. The van der Waals surface area contributed by atoms with Crippen LogP contribution in [0.1, 0.15) is 5.56 Å². The van der Waals surface area contributed by atoms with Gasteiger partial charge in [0.2, 0.25) is 0 Å². The Morgan fingerprint density at radius 1 is 1.12 bits per heavy atom. The van der Waals surface area contributed by atoms with Crippen LogP contribution in [0.5, 0.6) is 11.5 Å². The SMILES string of the molecule is Cc1cccc(OCCNC(=O)COc2cccc([N+](=O)[O-])c2)c1. The zero-order chi connectivity index (χ0) is 17.4. The Morgan fingerprint density at radius 3 is 2.54 bits per heavy atom. The third-order valence-corrected chi connectivity index (χ3v) is 3.08. The van der Waals surface area contributed by atoms with Crippen LogP contribution in [0.2, 0.25) is 0 Å². The zero-order valence-corrected chi connectivity index (χ0v) is 13.2. The van der Waals surface area contributed by atoms with Gasteiger partial charge >= 0.3 is 0 Å². The van der Waals surface area contributed by atoms with E-state index in [9.17, 15) is 14.9 Å². The minimum atomic E-state index is -0.518. The van der Waals surface area contributed by atoms with E-state index < -0.39 is 4.92 Å². The lowest BCUT2D eigenvalue weighted by Crippen LogP contribution is -2.32. The van der Waals surface area contributed by atoms with Crippen LogP contribution in [0.3, 0.4) is 0 Å². The number of nitrogens with zero attached hydrogens (tertiary/aromatic N) is 1. The molecular formula is C17H18N2O5. The van der Waals surface area contributed by atoms with Crippen molar-refractivity contribution in [3.05, 3.63) is 64.2 Å². The van der Waals surface area contributed by atoms with E-state index in [-0.39, 0.29) is 24.0 Å². The summed E-state index contributed by atoms with van der Waals surface area (Å²) < 4.78 is 10.7. The number of hydrogen-bond donors (Lipinski definition) is 1. The molecule has 7 nitrogen and oxygen atoms in total. The van der Waals surface area contributed by atoms with Gasteiger partial charge in [-0.1, -0.05) is 18.2 Å². The number of non-ortho nitro benzene ring substituents is 1. The van der Waals surface area contributed by atoms with E-state index in [1.165, 1.54) is 18.2 Å². The molecule has 1 amide bonds. The summed E-state index contributed by atoms with van der Waals surface area (Å²) in [4.78, 5) is 21.8. The molecule has 0 aliphatic heterocycles. The van der Waals surface area contributed by atoms with E-state index in [0.717, 1.165) is 11.3 Å². The highest BCUT2D eigenvalue weighted by molar-refractivity contribution is 5.77. The first-order chi connectivity index (χ1) is 11.5. The molecule has 2 aromatic rings. The molecule has 7 heteroatoms. The number of amides is 1. The van der Waals surface area contributed by atoms with Crippen molar-refractivity contribution in [2.75, 3.05) is 19.8 Å². The third-order valence-electron chi connectivity index (χ3n) is 3.08. The van der Waals surface area contributed by atoms with Crippen LogP contribution in [-0.2, 0) is 4.79 Å². The number of benzene rings is 2. The van der Waals surface area contributed by atoms with E-state index >= 15 is 0 Å². The van der Waals surface area contributed by atoms with Crippen LogP contribution < -0.4 is 14.8 Å². The predicted octanol–water partition coefficient (Wildman–Crippen LogP) is 2.48. The van der Waals surface area contributed by atoms with E-state index in [4.69, 9.17) is 9.47 Å². The molecule has 0 saturated carbocycles. The lowest BCUT2D eigenvalue weighted by Gasteiger charge is -2.09. The van der Waals surface area contributed by atoms with Gasteiger partial charge in [0.05, 0.1) is 17.5 Å². The predicted molar refractivity (Wildman–Crippen MR) is 88.3 cm³/mol. The quantitative estimate of drug-likeness (QED) is 0.456. The van der Waals surface area contributed by atoms with Gasteiger partial charge in [0.15, 0.2) is 6.61 Å². The first-order valence-electron chi connectivity index (χ1n) is 7.38. The highest BCUT2D eigenvalue weighted by Gasteiger charge is 2.08. The minimum Gasteiger partial charge on any atom is -0.492 e. The van der Waals surface area contributed by atoms with E-state index in [2.05, 4.69) is 5.32 Å². The Balaban J connectivity index is 1.68. The second-order valence-corrected chi connectivity index (χ2v) is 5.06. The van der Waals surface area contributed by atoms with Crippen molar-refractivity contribution in [3.8, 4) is 11.5 Å². The van der Waals surface area contributed by atoms with Gasteiger partial charge < -0.3 is 14.8 Å². The molecule has 2 aromatic carbocycles. The number of carbonyl (C=O) groups excluding carboxylic acids is 1. The molecule has 0 spiro atoms. The molecule has 0 radical (unpaired) electrons. The standard InChI is InChI=1S/C17H18N2O5/c1-13-4-2-6-15(10-13)23-9-8-18-17(20)12-24-16-7-3-5-14(11-16)19(21)22/h2-7,10-11H,8-9,12H2,1H3,(H,18,20). The van der Waals surface area contributed by atoms with Gasteiger partial charge in [0.1, 0.15) is 18.1 Å². The molecule has 126 valence electrons. The van der Waals surface area contributed by atoms with E-state index in [0.29, 0.717) is 13.2 Å². The summed E-state index contributed by atoms with van der Waals surface area (Å²) in [7, 11) is 0. The molecule has 0 bridgehead atoms. The Labute approximate surface area is 139 Å². The highest BCUT2D eigenvalue weighted by Crippen LogP contribution is 2.18. The summed E-state index contributed by atoms with van der Waals surface area (Å²) in [5.41, 5.74) is 1.02. The van der Waals surface area contributed by atoms with E-state index in [1.54, 1.807) is 6.07 Å². The highest BCUT2D eigenvalue weighted by atomic mass is 16.6. The van der Waals surface area contributed by atoms with Gasteiger partial charge in [0.25, 0.3) is 11.6 Å². The van der Waals surface area contributed by atoms with Crippen LogP contribution in [-0.4, -0.2) is 30.6 Å². The molecule has 2 rings (SSSR count). The molecule has 0 aliphatic rings. The Morgan fingerprint density at radius 2 is 1.83 bits per heavy atom. The third kappa shape index (κ3) is 5.60. The minimum absolute atomic E-state index is 0.0838. The van der Waals surface area contributed by atoms with Crippen LogP contribution in [0.4, 0.5) is 5.69 Å². The fraction of sp³-hybridized carbons (Fsp3) is 0.235. The number of nitro benzene ring substituents is 1. The van der Waals surface area contributed by atoms with Gasteiger partial charge in [-0.15, -0.1) is 0 Å². The summed E-state index contributed by atoms with van der Waals surface area (Å²) >= 11 is 0. The molecule has 0 saturated heterocycles. The summed E-state index contributed by atoms with van der Waals surface area (Å²) in [6, 6.07) is 13.3. The summed E-state index contributed by atoms with van der Waals surface area (Å²) in [6.07, 6.45) is 0. The first-order valence-corrected chi connectivity index (χ1v) is 7.38. The summed E-state index contributed by atoms with van der Waals surface area (Å²) in [6.45, 7) is 2.43. The molecule has 0 atom stereocenters. The lowest BCUT2D eigenvalue weighted by molar-refractivity contribution is -0.384. The maximum atomic E-state index is 11.7. The van der Waals surface area contributed by atoms with Crippen molar-refractivity contribution >= 4 is 11.6 Å². The second-order valence-electron chi connectivity index (χ2n) is 5.06. The maximum Gasteiger partial charge on any atom is 0.273 e. The average Bonchev–Trinajstić information content (AvgIpc) is 2.57. The average molecular weight is 330 g/mol. The number of hydrogen-bond acceptors (Lipinski definition) is 5. The maximum absolute atomic E-state index is 11.7. The molecule has 1 N–H and O–H groups in total. The van der Waals surface area contributed by atoms with E-state index in [1.807, 2.05) is 31.2 Å². The van der Waals surface area contributed by atoms with Gasteiger partial charge in [-0.2, -0.15) is 0 Å². The second kappa shape index (κ2) is 8.52. The normalized spacial score (nSPS) is 10.0. The molecular weight excluding hydrogens is 312 g/mol. The van der Waals surface area contributed by atoms with Crippen molar-refractivity contribution in [3.63, 3.8) is 0 Å². The Bertz CT molecular complexity index is 718. The summed E-state index contributed by atoms with van der Waals surface area (Å²) in [5.74, 6) is 0.696. The van der Waals surface area contributed by atoms with Crippen LogP contribution in [0.25, 0.3) is 0 Å². The molecule has 0 unspecified atom stereocenters. The molecule has 0 aromatic heterocycles. The molecule has 0 heterocycles. The van der Waals surface area contributed by atoms with Crippen LogP contribution >= 0.6 is 0 Å². The van der Waals surface area contributed by atoms with Crippen molar-refractivity contribution < 1.29 is 19.2 Å². The van der Waals surface area contributed by atoms with Crippen molar-refractivity contribution in [2.24, 2.45) is 0 Å². The lowest BCUT2D eigenvalue weighted by atomic mass is 10.2. The zero-order valence-electron chi connectivity index (χ0n) is 13.2. The first kappa shape index (κ1) is 17.3. The fourth-order valence-electron chi connectivity index (χ4n) is 1.95. The Hall–Kier alpha value is -3.09. The number of carbonyl (C=O) groups is 1. The number of aryl methyl sites for hydroxylation is 1. The number of rotatable bonds is 8. The fourth-order valence-corrected chi connectivity index (χ4v) is 1.95. The topological polar surface area (TPSA) is 90.7 Å². The number of ether oxygens (including phenoxy) is 2. The van der Waals surface area contributed by atoms with Gasteiger partial charge in [-0.25, -0.2) is 0 Å². The van der Waals surface area contributed by atoms with Gasteiger partial charge in [-0.3, -0.25) is 14.9 Å². The molecule has 0 fully saturated rings. The van der Waals surface area contributed by atoms with Crippen molar-refractivity contribution in [2.45, 2.75) is 6.92 Å². The molecule has 0 aliphatic carbocycles. The van der Waals surface area contributed by atoms with Gasteiger partial charge in [0, 0.05) is 6.07 Å². The van der Waals surface area contributed by atoms with Crippen LogP contribution in [0, 0.1) is 17.0 Å². The van der Waals surface area contributed by atoms with Crippen molar-refractivity contribution in [1.29, 1.82) is 0 Å². The summed E-state index contributed by atoms with van der Waals surface area (Å²) in [5, 5.41) is 13.3. The van der Waals surface area contributed by atoms with Gasteiger partial charge in [-0.05, 0) is 30.7 Å². The number of nitro groups is 1. The van der Waals surface area contributed by atoms with Crippen LogP contribution in [0.15, 0.2) is 48.5 Å². The largest absolute Gasteiger partial charge is 0.492 e. The Kier molecular flexibility index (Phi) is 6.13. The number of nitrogens with one attached hydrogen (secondary N) is 1. The van der Waals surface area contributed by atoms with Crippen molar-refractivity contribution in [1.82, 2.24) is 5.32 Å². The molecule has 24 heavy (non-hydrogen) atoms.